The summed E-state index contributed by atoms with van der Waals surface area (Å²) in [6, 6.07) is 9.16. The lowest BCUT2D eigenvalue weighted by Gasteiger charge is -2.35. The van der Waals surface area contributed by atoms with Crippen LogP contribution in [0.1, 0.15) is 24.0 Å². The van der Waals surface area contributed by atoms with Crippen molar-refractivity contribution in [3.63, 3.8) is 0 Å². The van der Waals surface area contributed by atoms with Gasteiger partial charge in [-0.1, -0.05) is 11.6 Å². The number of fused-ring (bicyclic) bond motifs is 3. The number of pyridine rings is 1. The molecule has 12 heteroatoms. The summed E-state index contributed by atoms with van der Waals surface area (Å²) in [5.41, 5.74) is 2.96. The topological polar surface area (TPSA) is 106 Å². The van der Waals surface area contributed by atoms with Crippen molar-refractivity contribution < 1.29 is 23.4 Å². The first-order valence-electron chi connectivity index (χ1n) is 13.0. The van der Waals surface area contributed by atoms with Gasteiger partial charge in [0.1, 0.15) is 35.7 Å². The number of benzene rings is 2. The maximum absolute atomic E-state index is 15.5. The number of hydrogen-bond acceptors (Lipinski definition) is 7. The number of hydrogen-bond donors (Lipinski definition) is 1. The quantitative estimate of drug-likeness (QED) is 0.300. The van der Waals surface area contributed by atoms with Crippen LogP contribution in [0.15, 0.2) is 48.8 Å². The zero-order valence-electron chi connectivity index (χ0n) is 22.2. The molecule has 3 aromatic heterocycles. The molecule has 2 aromatic carbocycles. The number of amides is 1. The summed E-state index contributed by atoms with van der Waals surface area (Å²) in [7, 11) is 0. The number of carbonyl (C=O) groups is 1. The molecule has 1 aliphatic heterocycles. The van der Waals surface area contributed by atoms with Crippen LogP contribution in [0.2, 0.25) is 5.02 Å². The van der Waals surface area contributed by atoms with Crippen LogP contribution in [0, 0.1) is 19.7 Å². The van der Waals surface area contributed by atoms with E-state index < -0.39 is 30.5 Å². The van der Waals surface area contributed by atoms with Gasteiger partial charge in [-0.2, -0.15) is 0 Å². The van der Waals surface area contributed by atoms with Gasteiger partial charge in [-0.25, -0.2) is 23.7 Å². The average molecular weight is 579 g/mol. The largest absolute Gasteiger partial charge is 0.424 e. The second-order valence-corrected chi connectivity index (χ2v) is 10.4. The van der Waals surface area contributed by atoms with E-state index in [4.69, 9.17) is 16.3 Å². The molecule has 0 aliphatic carbocycles. The molecule has 1 fully saturated rings. The third-order valence-corrected chi connectivity index (χ3v) is 7.63. The van der Waals surface area contributed by atoms with Crippen LogP contribution in [0.25, 0.3) is 33.1 Å². The molecular formula is C29H25ClF2N6O3. The minimum atomic E-state index is -1.39. The van der Waals surface area contributed by atoms with Crippen molar-refractivity contribution in [2.45, 2.75) is 32.5 Å². The minimum Gasteiger partial charge on any atom is -0.424 e. The summed E-state index contributed by atoms with van der Waals surface area (Å²) in [5.74, 6) is -0.0623. The summed E-state index contributed by atoms with van der Waals surface area (Å²) in [6.07, 6.45) is 2.07. The summed E-state index contributed by atoms with van der Waals surface area (Å²) >= 11 is 6.61. The van der Waals surface area contributed by atoms with Gasteiger partial charge in [-0.3, -0.25) is 9.78 Å². The number of piperidine rings is 1. The first kappa shape index (κ1) is 27.0. The predicted octanol–water partition coefficient (Wildman–Crippen LogP) is 5.35. The van der Waals surface area contributed by atoms with Gasteiger partial charge in [-0.15, -0.1) is 0 Å². The van der Waals surface area contributed by atoms with Crippen molar-refractivity contribution in [3.05, 3.63) is 71.2 Å². The van der Waals surface area contributed by atoms with E-state index >= 15 is 8.78 Å². The van der Waals surface area contributed by atoms with Crippen LogP contribution >= 0.6 is 11.6 Å². The number of carbonyl (C=O) groups excluding carboxylic acids is 1. The number of aromatic nitrogens is 5. The number of imidazole rings is 1. The molecule has 0 radical (unpaired) electrons. The second-order valence-electron chi connectivity index (χ2n) is 9.96. The number of halogens is 3. The predicted molar refractivity (Wildman–Crippen MR) is 149 cm³/mol. The second kappa shape index (κ2) is 10.6. The van der Waals surface area contributed by atoms with Crippen LogP contribution < -0.4 is 4.74 Å². The van der Waals surface area contributed by atoms with Crippen LogP contribution in [-0.4, -0.2) is 66.3 Å². The number of nitrogens with zero attached hydrogens (tertiary/aromatic N) is 6. The highest BCUT2D eigenvalue weighted by Gasteiger charge is 2.34. The average Bonchev–Trinajstić information content (AvgIpc) is 3.28. The third-order valence-electron chi connectivity index (χ3n) is 7.32. The Balaban J connectivity index is 1.42. The van der Waals surface area contributed by atoms with E-state index in [0.29, 0.717) is 52.0 Å². The molecule has 1 N–H and O–H groups in total. The van der Waals surface area contributed by atoms with E-state index in [9.17, 15) is 9.90 Å². The molecule has 2 unspecified atom stereocenters. The first-order valence-corrected chi connectivity index (χ1v) is 13.4. The number of ether oxygens (including phenoxy) is 1. The molecule has 210 valence electrons. The molecule has 9 nitrogen and oxygen atoms in total. The van der Waals surface area contributed by atoms with E-state index in [1.165, 1.54) is 11.0 Å². The van der Waals surface area contributed by atoms with E-state index in [1.54, 1.807) is 49.6 Å². The Hall–Kier alpha value is -4.22. The maximum Gasteiger partial charge on any atom is 0.322 e. The van der Waals surface area contributed by atoms with Gasteiger partial charge in [0.05, 0.1) is 34.8 Å². The molecule has 0 spiro atoms. The Morgan fingerprint density at radius 3 is 2.68 bits per heavy atom. The van der Waals surface area contributed by atoms with Crippen molar-refractivity contribution in [1.82, 2.24) is 29.4 Å². The molecule has 5 aromatic rings. The maximum atomic E-state index is 15.5. The summed E-state index contributed by atoms with van der Waals surface area (Å²) in [6.45, 7) is 3.10. The number of aliphatic hydroxyl groups is 1. The lowest BCUT2D eigenvalue weighted by atomic mass is 10.00. The third kappa shape index (κ3) is 4.95. The molecular weight excluding hydrogens is 554 g/mol. The summed E-state index contributed by atoms with van der Waals surface area (Å²) in [5, 5.41) is 10.0. The Kier molecular flexibility index (Phi) is 7.00. The standard InChI is InChI=1S/C29H25ClF2N6O3/c1-15-5-7-33-29(35-15)41-17-3-4-18(21(30)9-17)19-10-20-24(11-22(19)31)34-12-25-28(20)38(16(2)36-25)26-6-8-37(13-23(26)32)27(40)14-39/h3-5,7,9-12,23,26,39H,6,8,13-14H2,1-2H3. The molecule has 0 saturated carbocycles. The van der Waals surface area contributed by atoms with Crippen LogP contribution in [0.4, 0.5) is 8.78 Å². The fourth-order valence-electron chi connectivity index (χ4n) is 5.39. The Labute approximate surface area is 238 Å². The smallest absolute Gasteiger partial charge is 0.322 e. The van der Waals surface area contributed by atoms with Crippen molar-refractivity contribution in [2.75, 3.05) is 19.7 Å². The van der Waals surface area contributed by atoms with E-state index in [2.05, 4.69) is 19.9 Å². The molecule has 6 rings (SSSR count). The Morgan fingerprint density at radius 1 is 1.12 bits per heavy atom. The lowest BCUT2D eigenvalue weighted by molar-refractivity contribution is -0.137. The van der Waals surface area contributed by atoms with Crippen molar-refractivity contribution >= 4 is 39.4 Å². The summed E-state index contributed by atoms with van der Waals surface area (Å²) < 4.78 is 38.5. The molecule has 4 heterocycles. The van der Waals surface area contributed by atoms with Gasteiger partial charge in [0.2, 0.25) is 5.91 Å². The molecule has 2 atom stereocenters. The Morgan fingerprint density at radius 2 is 1.95 bits per heavy atom. The van der Waals surface area contributed by atoms with Gasteiger partial charge in [0, 0.05) is 47.1 Å². The van der Waals surface area contributed by atoms with Gasteiger partial charge >= 0.3 is 6.01 Å². The number of aliphatic hydroxyl groups excluding tert-OH is 1. The fourth-order valence-corrected chi connectivity index (χ4v) is 5.67. The van der Waals surface area contributed by atoms with Gasteiger partial charge in [-0.05, 0) is 44.5 Å². The zero-order chi connectivity index (χ0) is 28.8. The highest BCUT2D eigenvalue weighted by molar-refractivity contribution is 6.33. The highest BCUT2D eigenvalue weighted by atomic mass is 35.5. The molecule has 1 aliphatic rings. The van der Waals surface area contributed by atoms with Gasteiger partial charge < -0.3 is 19.3 Å². The molecule has 1 saturated heterocycles. The normalized spacial score (nSPS) is 17.4. The molecule has 41 heavy (non-hydrogen) atoms. The van der Waals surface area contributed by atoms with Gasteiger partial charge in [0.25, 0.3) is 0 Å². The fraction of sp³-hybridized carbons (Fsp3) is 0.276. The van der Waals surface area contributed by atoms with Crippen molar-refractivity contribution in [1.29, 1.82) is 0 Å². The number of rotatable bonds is 5. The van der Waals surface area contributed by atoms with Crippen LogP contribution in [0.5, 0.6) is 11.8 Å². The van der Waals surface area contributed by atoms with Crippen molar-refractivity contribution in [2.24, 2.45) is 0 Å². The van der Waals surface area contributed by atoms with E-state index in [1.807, 2.05) is 11.5 Å². The number of likely N-dealkylation sites (tertiary alicyclic amines) is 1. The first-order chi connectivity index (χ1) is 19.7. The lowest BCUT2D eigenvalue weighted by Crippen LogP contribution is -2.46. The van der Waals surface area contributed by atoms with E-state index in [-0.39, 0.29) is 23.1 Å². The number of alkyl halides is 1. The zero-order valence-corrected chi connectivity index (χ0v) is 22.9. The highest BCUT2D eigenvalue weighted by Crippen LogP contribution is 2.39. The Bertz CT molecular complexity index is 1810. The molecule has 0 bridgehead atoms. The van der Waals surface area contributed by atoms with Crippen LogP contribution in [0.3, 0.4) is 0 Å². The van der Waals surface area contributed by atoms with Crippen molar-refractivity contribution in [3.8, 4) is 22.9 Å². The van der Waals surface area contributed by atoms with Crippen LogP contribution in [-0.2, 0) is 4.79 Å². The monoisotopic (exact) mass is 578 g/mol. The number of aryl methyl sites for hydroxylation is 2. The van der Waals surface area contributed by atoms with Gasteiger partial charge in [0.15, 0.2) is 0 Å². The van der Waals surface area contributed by atoms with E-state index in [0.717, 1.165) is 5.69 Å². The molecule has 1 amide bonds. The minimum absolute atomic E-state index is 0.135. The summed E-state index contributed by atoms with van der Waals surface area (Å²) in [4.78, 5) is 30.6. The SMILES string of the molecule is Cc1ccnc(Oc2ccc(-c3cc4c(cc3F)ncc3nc(C)n(C5CCN(C(=O)CO)CC5F)c34)c(Cl)c2)n1.